The lowest BCUT2D eigenvalue weighted by atomic mass is 10.0. The Bertz CT molecular complexity index is 1360. The fraction of sp³-hybridized carbons (Fsp3) is 0.345. The Morgan fingerprint density at radius 2 is 1.82 bits per heavy atom. The van der Waals surface area contributed by atoms with Crippen molar-refractivity contribution < 1.29 is 33.8 Å². The summed E-state index contributed by atoms with van der Waals surface area (Å²) < 4.78 is 16.8. The number of carbonyl (C=O) groups is 3. The van der Waals surface area contributed by atoms with E-state index in [4.69, 9.17) is 19.4 Å². The van der Waals surface area contributed by atoms with Crippen LogP contribution in [0.4, 0.5) is 4.79 Å². The Kier molecular flexibility index (Phi) is 10.2. The first kappa shape index (κ1) is 30.0. The number of para-hydroxylation sites is 1. The summed E-state index contributed by atoms with van der Waals surface area (Å²) >= 11 is 0. The molecule has 3 aromatic rings. The van der Waals surface area contributed by atoms with Crippen molar-refractivity contribution in [3.63, 3.8) is 0 Å². The lowest BCUT2D eigenvalue weighted by Crippen LogP contribution is -2.51. The molecule has 214 valence electrons. The summed E-state index contributed by atoms with van der Waals surface area (Å²) in [6.45, 7) is 6.91. The van der Waals surface area contributed by atoms with E-state index in [1.165, 1.54) is 24.7 Å². The van der Waals surface area contributed by atoms with Crippen LogP contribution in [0.3, 0.4) is 0 Å². The molecule has 2 atom stereocenters. The van der Waals surface area contributed by atoms with Crippen LogP contribution in [0.5, 0.6) is 11.5 Å². The van der Waals surface area contributed by atoms with Gasteiger partial charge in [0.25, 0.3) is 5.91 Å². The predicted octanol–water partition coefficient (Wildman–Crippen LogP) is 3.71. The number of H-pyrrole nitrogens is 1. The van der Waals surface area contributed by atoms with Crippen molar-refractivity contribution in [2.45, 2.75) is 51.8 Å². The summed E-state index contributed by atoms with van der Waals surface area (Å²) in [5.41, 5.74) is 3.46. The number of ether oxygens (including phenoxy) is 3. The second kappa shape index (κ2) is 13.5. The molecule has 0 bridgehead atoms. The number of benzene rings is 2. The van der Waals surface area contributed by atoms with Gasteiger partial charge < -0.3 is 29.8 Å². The number of carbonyl (C=O) groups excluding carboxylic acids is 3. The van der Waals surface area contributed by atoms with Crippen molar-refractivity contribution in [1.82, 2.24) is 21.1 Å². The molecule has 1 aromatic heterocycles. The average molecular weight is 553 g/mol. The zero-order chi connectivity index (χ0) is 29.3. The Morgan fingerprint density at radius 3 is 2.52 bits per heavy atom. The number of aromatic amines is 1. The van der Waals surface area contributed by atoms with Gasteiger partial charge in [-0.15, -0.1) is 0 Å². The van der Waals surface area contributed by atoms with Gasteiger partial charge in [0, 0.05) is 23.2 Å². The van der Waals surface area contributed by atoms with Gasteiger partial charge in [-0.1, -0.05) is 24.3 Å². The number of fused-ring (bicyclic) bond motifs is 1. The quantitative estimate of drug-likeness (QED) is 0.138. The van der Waals surface area contributed by atoms with Crippen molar-refractivity contribution in [2.24, 2.45) is 0 Å². The van der Waals surface area contributed by atoms with Crippen LogP contribution in [0.15, 0.2) is 54.7 Å². The highest BCUT2D eigenvalue weighted by Crippen LogP contribution is 2.29. The Hall–Kier alpha value is -4.51. The van der Waals surface area contributed by atoms with Gasteiger partial charge in [0.2, 0.25) is 5.91 Å². The molecule has 0 aliphatic rings. The third kappa shape index (κ3) is 8.77. The number of rotatable bonds is 11. The van der Waals surface area contributed by atoms with Crippen LogP contribution in [-0.4, -0.2) is 59.5 Å². The molecule has 3 rings (SSSR count). The molecule has 11 nitrogen and oxygen atoms in total. The van der Waals surface area contributed by atoms with E-state index < -0.39 is 35.6 Å². The Labute approximate surface area is 232 Å². The molecule has 40 heavy (non-hydrogen) atoms. The molecule has 2 aromatic carbocycles. The van der Waals surface area contributed by atoms with Crippen molar-refractivity contribution in [3.05, 3.63) is 65.9 Å². The number of alkyl carbamates (subject to hydrolysis) is 1. The number of amides is 3. The van der Waals surface area contributed by atoms with Crippen LogP contribution >= 0.6 is 0 Å². The predicted molar refractivity (Wildman–Crippen MR) is 150 cm³/mol. The molecule has 0 saturated heterocycles. The Morgan fingerprint density at radius 1 is 1.07 bits per heavy atom. The van der Waals surface area contributed by atoms with Gasteiger partial charge in [-0.25, -0.2) is 10.3 Å². The van der Waals surface area contributed by atoms with Gasteiger partial charge in [0.15, 0.2) is 11.5 Å². The maximum absolute atomic E-state index is 13.0. The lowest BCUT2D eigenvalue weighted by molar-refractivity contribution is -0.124. The largest absolute Gasteiger partial charge is 0.493 e. The molecule has 0 fully saturated rings. The minimum Gasteiger partial charge on any atom is -0.493 e. The van der Waals surface area contributed by atoms with E-state index in [9.17, 15) is 14.4 Å². The minimum atomic E-state index is -0.850. The van der Waals surface area contributed by atoms with Gasteiger partial charge in [-0.05, 0) is 69.5 Å². The normalized spacial score (nSPS) is 12.9. The molecule has 5 N–H and O–H groups in total. The van der Waals surface area contributed by atoms with Gasteiger partial charge in [-0.2, -0.15) is 0 Å². The van der Waals surface area contributed by atoms with Gasteiger partial charge in [0.1, 0.15) is 18.2 Å². The molecule has 0 aliphatic heterocycles. The lowest BCUT2D eigenvalue weighted by Gasteiger charge is -2.24. The maximum atomic E-state index is 13.0. The van der Waals surface area contributed by atoms with E-state index in [1.54, 1.807) is 45.9 Å². The smallest absolute Gasteiger partial charge is 0.408 e. The minimum absolute atomic E-state index is 0.100. The van der Waals surface area contributed by atoms with Gasteiger partial charge >= 0.3 is 6.09 Å². The number of aromatic nitrogens is 1. The second-order valence-corrected chi connectivity index (χ2v) is 10.2. The van der Waals surface area contributed by atoms with Crippen LogP contribution in [-0.2, 0) is 20.7 Å². The number of hydroxylamine groups is 1. The van der Waals surface area contributed by atoms with Gasteiger partial charge in [-0.3, -0.25) is 14.8 Å². The van der Waals surface area contributed by atoms with Crippen LogP contribution < -0.4 is 25.6 Å². The third-order valence-corrected chi connectivity index (χ3v) is 5.78. The highest BCUT2D eigenvalue weighted by atomic mass is 16.6. The molecule has 0 aliphatic carbocycles. The van der Waals surface area contributed by atoms with Crippen LogP contribution in [0.1, 0.15) is 38.8 Å². The first-order chi connectivity index (χ1) is 19.0. The third-order valence-electron chi connectivity index (χ3n) is 5.78. The van der Waals surface area contributed by atoms with E-state index in [0.29, 0.717) is 23.5 Å². The molecular formula is C29H36N4O7. The summed E-state index contributed by atoms with van der Waals surface area (Å²) in [7, 11) is 1.49. The van der Waals surface area contributed by atoms with Crippen LogP contribution in [0.25, 0.3) is 17.0 Å². The number of methoxy groups -OCH3 is 1. The number of hydrogen-bond acceptors (Lipinski definition) is 7. The van der Waals surface area contributed by atoms with Crippen molar-refractivity contribution in [2.75, 3.05) is 13.7 Å². The first-order valence-electron chi connectivity index (χ1n) is 12.8. The molecule has 1 heterocycles. The fourth-order valence-corrected chi connectivity index (χ4v) is 3.90. The van der Waals surface area contributed by atoms with E-state index in [0.717, 1.165) is 16.5 Å². The van der Waals surface area contributed by atoms with Crippen molar-refractivity contribution in [3.8, 4) is 11.5 Å². The summed E-state index contributed by atoms with van der Waals surface area (Å²) in [6, 6.07) is 11.6. The Balaban J connectivity index is 1.76. The summed E-state index contributed by atoms with van der Waals surface area (Å²) in [5, 5.41) is 15.2. The monoisotopic (exact) mass is 552 g/mol. The van der Waals surface area contributed by atoms with E-state index >= 15 is 0 Å². The standard InChI is InChI=1S/C29H36N4O7/c1-18(31-28(36)40-29(2,3)4)27(35)32-21(15-20-16-30-23-9-7-6-8-22(20)23)17-39-24-12-10-19(14-25(24)38-5)11-13-26(34)33-37/h6-14,16,18,21,30,37H,15,17H2,1-5H3,(H,31,36)(H,32,35)(H,33,34)/b13-11+/t18-,21+/m1/s1. The zero-order valence-corrected chi connectivity index (χ0v) is 23.2. The molecule has 0 radical (unpaired) electrons. The maximum Gasteiger partial charge on any atom is 0.408 e. The molecule has 3 amide bonds. The first-order valence-corrected chi connectivity index (χ1v) is 12.8. The van der Waals surface area contributed by atoms with E-state index in [-0.39, 0.29) is 6.61 Å². The van der Waals surface area contributed by atoms with Gasteiger partial charge in [0.05, 0.1) is 13.2 Å². The molecule has 0 unspecified atom stereocenters. The highest BCUT2D eigenvalue weighted by molar-refractivity contribution is 5.91. The topological polar surface area (TPSA) is 151 Å². The van der Waals surface area contributed by atoms with E-state index in [2.05, 4.69) is 15.6 Å². The van der Waals surface area contributed by atoms with Crippen molar-refractivity contribution >= 4 is 34.9 Å². The SMILES string of the molecule is COc1cc(/C=C/C(=O)NO)ccc1OC[C@H](Cc1c[nH]c2ccccc12)NC(=O)[C@@H](C)NC(=O)OC(C)(C)C. The average Bonchev–Trinajstić information content (AvgIpc) is 3.31. The molecular weight excluding hydrogens is 516 g/mol. The van der Waals surface area contributed by atoms with Crippen molar-refractivity contribution in [1.29, 1.82) is 0 Å². The molecule has 0 spiro atoms. The number of hydrogen-bond donors (Lipinski definition) is 5. The fourth-order valence-electron chi connectivity index (χ4n) is 3.90. The highest BCUT2D eigenvalue weighted by Gasteiger charge is 2.24. The molecule has 0 saturated carbocycles. The van der Waals surface area contributed by atoms with Crippen LogP contribution in [0, 0.1) is 0 Å². The van der Waals surface area contributed by atoms with E-state index in [1.807, 2.05) is 30.5 Å². The summed E-state index contributed by atoms with van der Waals surface area (Å²) in [4.78, 5) is 39.8. The summed E-state index contributed by atoms with van der Waals surface area (Å²) in [6.07, 6.45) is 4.35. The van der Waals surface area contributed by atoms with Crippen LogP contribution in [0.2, 0.25) is 0 Å². The molecule has 11 heteroatoms. The summed E-state index contributed by atoms with van der Waals surface area (Å²) in [5.74, 6) is -0.201. The second-order valence-electron chi connectivity index (χ2n) is 10.2. The number of nitrogens with one attached hydrogen (secondary N) is 4. The zero-order valence-electron chi connectivity index (χ0n) is 23.2.